The maximum atomic E-state index is 12.4. The molecular formula is C8H4BrClF5N. The first-order valence-corrected chi connectivity index (χ1v) is 5.38. The van der Waals surface area contributed by atoms with Crippen molar-refractivity contribution in [2.45, 2.75) is 17.9 Å². The van der Waals surface area contributed by atoms with Gasteiger partial charge in [-0.2, -0.15) is 13.2 Å². The summed E-state index contributed by atoms with van der Waals surface area (Å²) in [6.07, 6.45) is -8.19. The maximum absolute atomic E-state index is 12.4. The van der Waals surface area contributed by atoms with Gasteiger partial charge in [0.25, 0.3) is 6.43 Å². The van der Waals surface area contributed by atoms with E-state index in [1.54, 1.807) is 0 Å². The van der Waals surface area contributed by atoms with Crippen LogP contribution in [0.5, 0.6) is 0 Å². The molecule has 0 atom stereocenters. The molecule has 0 saturated heterocycles. The zero-order chi connectivity index (χ0) is 12.5. The van der Waals surface area contributed by atoms with Crippen LogP contribution in [0.4, 0.5) is 22.0 Å². The Morgan fingerprint density at radius 1 is 1.38 bits per heavy atom. The number of alkyl halides is 6. The summed E-state index contributed by atoms with van der Waals surface area (Å²) < 4.78 is 61.9. The lowest BCUT2D eigenvalue weighted by Gasteiger charge is -2.13. The van der Waals surface area contributed by atoms with Crippen LogP contribution in [0.1, 0.15) is 23.4 Å². The molecule has 0 aromatic carbocycles. The second kappa shape index (κ2) is 4.83. The minimum atomic E-state index is -4.90. The largest absolute Gasteiger partial charge is 0.418 e. The maximum Gasteiger partial charge on any atom is 0.418 e. The van der Waals surface area contributed by atoms with Gasteiger partial charge in [-0.3, -0.25) is 0 Å². The van der Waals surface area contributed by atoms with E-state index in [1.807, 2.05) is 0 Å². The van der Waals surface area contributed by atoms with Crippen molar-refractivity contribution in [3.63, 3.8) is 0 Å². The highest BCUT2D eigenvalue weighted by molar-refractivity contribution is 9.08. The lowest BCUT2D eigenvalue weighted by Crippen LogP contribution is -2.12. The molecule has 0 unspecified atom stereocenters. The highest BCUT2D eigenvalue weighted by atomic mass is 79.9. The predicted octanol–water partition coefficient (Wildman–Crippen LogP) is 4.59. The molecule has 0 aliphatic carbocycles. The summed E-state index contributed by atoms with van der Waals surface area (Å²) in [4.78, 5) is 3.21. The van der Waals surface area contributed by atoms with Crippen molar-refractivity contribution in [3.8, 4) is 0 Å². The summed E-state index contributed by atoms with van der Waals surface area (Å²) in [5.74, 6) is 0. The third-order valence-electron chi connectivity index (χ3n) is 1.72. The predicted molar refractivity (Wildman–Crippen MR) is 51.8 cm³/mol. The van der Waals surface area contributed by atoms with Crippen LogP contribution >= 0.6 is 27.5 Å². The van der Waals surface area contributed by atoms with Gasteiger partial charge in [0, 0.05) is 5.33 Å². The molecule has 0 aliphatic heterocycles. The Labute approximate surface area is 101 Å². The third kappa shape index (κ3) is 2.82. The van der Waals surface area contributed by atoms with Crippen molar-refractivity contribution in [1.29, 1.82) is 0 Å². The standard InChI is InChI=1S/C8H4BrClF5N/c9-2-5-4(10)1-3(8(13,14)15)6(16-5)7(11)12/h1,7H,2H2. The lowest BCUT2D eigenvalue weighted by molar-refractivity contribution is -0.139. The highest BCUT2D eigenvalue weighted by Crippen LogP contribution is 2.37. The number of hydrogen-bond donors (Lipinski definition) is 0. The first-order valence-electron chi connectivity index (χ1n) is 3.88. The van der Waals surface area contributed by atoms with Crippen LogP contribution in [0.3, 0.4) is 0 Å². The van der Waals surface area contributed by atoms with Crippen LogP contribution in [-0.4, -0.2) is 4.98 Å². The summed E-state index contributed by atoms with van der Waals surface area (Å²) >= 11 is 8.37. The second-order valence-electron chi connectivity index (χ2n) is 2.78. The van der Waals surface area contributed by atoms with Crippen LogP contribution in [0.15, 0.2) is 6.07 Å². The molecule has 0 bridgehead atoms. The van der Waals surface area contributed by atoms with Gasteiger partial charge in [0.05, 0.1) is 16.3 Å². The third-order valence-corrected chi connectivity index (χ3v) is 2.58. The van der Waals surface area contributed by atoms with Gasteiger partial charge in [-0.1, -0.05) is 27.5 Å². The Hall–Kier alpha value is -0.430. The number of pyridine rings is 1. The van der Waals surface area contributed by atoms with Crippen LogP contribution in [0.25, 0.3) is 0 Å². The average Bonchev–Trinajstić information content (AvgIpc) is 2.15. The SMILES string of the molecule is FC(F)c1nc(CBr)c(Cl)cc1C(F)(F)F. The van der Waals surface area contributed by atoms with E-state index >= 15 is 0 Å². The second-order valence-corrected chi connectivity index (χ2v) is 3.75. The van der Waals surface area contributed by atoms with E-state index < -0.39 is 23.9 Å². The zero-order valence-corrected chi connectivity index (χ0v) is 9.80. The van der Waals surface area contributed by atoms with Crippen molar-refractivity contribution in [2.24, 2.45) is 0 Å². The van der Waals surface area contributed by atoms with Gasteiger partial charge in [0.2, 0.25) is 0 Å². The van der Waals surface area contributed by atoms with Gasteiger partial charge in [-0.25, -0.2) is 13.8 Å². The smallest absolute Gasteiger partial charge is 0.249 e. The van der Waals surface area contributed by atoms with Gasteiger partial charge < -0.3 is 0 Å². The number of hydrogen-bond acceptors (Lipinski definition) is 1. The van der Waals surface area contributed by atoms with Crippen LogP contribution in [0.2, 0.25) is 5.02 Å². The topological polar surface area (TPSA) is 12.9 Å². The molecule has 0 fully saturated rings. The number of rotatable bonds is 2. The summed E-state index contributed by atoms with van der Waals surface area (Å²) in [5.41, 5.74) is -2.85. The monoisotopic (exact) mass is 323 g/mol. The zero-order valence-electron chi connectivity index (χ0n) is 7.45. The molecule has 8 heteroatoms. The molecule has 90 valence electrons. The van der Waals surface area contributed by atoms with Crippen molar-refractivity contribution in [1.82, 2.24) is 4.98 Å². The summed E-state index contributed by atoms with van der Waals surface area (Å²) in [6.45, 7) is 0. The molecule has 1 nitrogen and oxygen atoms in total. The van der Waals surface area contributed by atoms with E-state index in [0.29, 0.717) is 6.07 Å². The molecule has 1 rings (SSSR count). The van der Waals surface area contributed by atoms with Gasteiger partial charge in [0.1, 0.15) is 5.69 Å². The molecule has 0 saturated carbocycles. The van der Waals surface area contributed by atoms with Gasteiger partial charge in [0.15, 0.2) is 0 Å². The molecule has 0 spiro atoms. The quantitative estimate of drug-likeness (QED) is 0.573. The molecule has 1 aromatic rings. The molecule has 0 N–H and O–H groups in total. The molecule has 1 aromatic heterocycles. The fourth-order valence-electron chi connectivity index (χ4n) is 1.03. The number of aromatic nitrogens is 1. The van der Waals surface area contributed by atoms with Crippen molar-refractivity contribution in [3.05, 3.63) is 28.0 Å². The Morgan fingerprint density at radius 2 is 1.94 bits per heavy atom. The van der Waals surface area contributed by atoms with E-state index in [9.17, 15) is 22.0 Å². The van der Waals surface area contributed by atoms with E-state index in [2.05, 4.69) is 20.9 Å². The molecule has 16 heavy (non-hydrogen) atoms. The van der Waals surface area contributed by atoms with Crippen LogP contribution in [-0.2, 0) is 11.5 Å². The average molecular weight is 324 g/mol. The van der Waals surface area contributed by atoms with Crippen molar-refractivity contribution < 1.29 is 22.0 Å². The van der Waals surface area contributed by atoms with E-state index in [1.165, 1.54) is 0 Å². The number of nitrogens with zero attached hydrogens (tertiary/aromatic N) is 1. The Morgan fingerprint density at radius 3 is 2.31 bits per heavy atom. The van der Waals surface area contributed by atoms with Gasteiger partial charge >= 0.3 is 6.18 Å². The number of halogens is 7. The summed E-state index contributed by atoms with van der Waals surface area (Å²) in [7, 11) is 0. The first-order chi connectivity index (χ1) is 7.27. The minimum absolute atomic E-state index is 0.00366. The highest BCUT2D eigenvalue weighted by Gasteiger charge is 2.37. The van der Waals surface area contributed by atoms with Gasteiger partial charge in [-0.15, -0.1) is 0 Å². The van der Waals surface area contributed by atoms with E-state index in [0.717, 1.165) is 0 Å². The molecular weight excluding hydrogens is 320 g/mol. The van der Waals surface area contributed by atoms with E-state index in [-0.39, 0.29) is 16.0 Å². The Bertz CT molecular complexity index is 393. The fourth-order valence-corrected chi connectivity index (χ4v) is 1.84. The first kappa shape index (κ1) is 13.6. The molecule has 0 amide bonds. The Balaban J connectivity index is 3.42. The fraction of sp³-hybridized carbons (Fsp3) is 0.375. The van der Waals surface area contributed by atoms with Crippen molar-refractivity contribution in [2.75, 3.05) is 0 Å². The summed E-state index contributed by atoms with van der Waals surface area (Å²) in [5, 5.41) is -0.294. The Kier molecular flexibility index (Phi) is 4.12. The lowest BCUT2D eigenvalue weighted by atomic mass is 10.1. The van der Waals surface area contributed by atoms with Crippen LogP contribution in [0, 0.1) is 0 Å². The summed E-state index contributed by atoms with van der Waals surface area (Å²) in [6, 6.07) is 0.465. The van der Waals surface area contributed by atoms with Crippen LogP contribution < -0.4 is 0 Å². The van der Waals surface area contributed by atoms with E-state index in [4.69, 9.17) is 11.6 Å². The van der Waals surface area contributed by atoms with Gasteiger partial charge in [-0.05, 0) is 6.07 Å². The normalized spacial score (nSPS) is 12.2. The minimum Gasteiger partial charge on any atom is -0.249 e. The molecule has 1 heterocycles. The van der Waals surface area contributed by atoms with Crippen molar-refractivity contribution >= 4 is 27.5 Å². The molecule has 0 aliphatic rings. The molecule has 0 radical (unpaired) electrons.